The number of ether oxygens (including phenoxy) is 2. The number of likely N-dealkylation sites (N-methyl/N-ethyl adjacent to an activating group) is 1. The Labute approximate surface area is 198 Å². The van der Waals surface area contributed by atoms with Gasteiger partial charge >= 0.3 is 12.1 Å². The fraction of sp³-hybridized carbons (Fsp3) is 0.852. The first-order valence-electron chi connectivity index (χ1n) is 13.1. The molecule has 0 spiro atoms. The highest BCUT2D eigenvalue weighted by Crippen LogP contribution is 2.15. The fourth-order valence-corrected chi connectivity index (χ4v) is 3.78. The van der Waals surface area contributed by atoms with Crippen molar-refractivity contribution >= 4 is 12.1 Å². The van der Waals surface area contributed by atoms with Gasteiger partial charge in [0.2, 0.25) is 0 Å². The van der Waals surface area contributed by atoms with Crippen LogP contribution in [0, 0.1) is 5.92 Å². The van der Waals surface area contributed by atoms with Crippen molar-refractivity contribution in [1.29, 1.82) is 0 Å². The van der Waals surface area contributed by atoms with Gasteiger partial charge in [0.25, 0.3) is 0 Å². The lowest BCUT2D eigenvalue weighted by Crippen LogP contribution is -2.44. The highest BCUT2D eigenvalue weighted by molar-refractivity contribution is 5.81. The molecule has 1 atom stereocenters. The van der Waals surface area contributed by atoms with E-state index in [1.807, 2.05) is 13.8 Å². The standard InChI is InChI=1S/C27H51NO4/c1-6-8-9-10-11-12-13-14-15-16-17-18-19-20-22-31-26(29)25(23-24(3)4)28(5)27(30)32-21-7-2/h7,24-25H,2,6,8-23H2,1,3-5H3. The summed E-state index contributed by atoms with van der Waals surface area (Å²) >= 11 is 0. The number of hydrogen-bond donors (Lipinski definition) is 0. The maximum Gasteiger partial charge on any atom is 0.410 e. The molecule has 0 N–H and O–H groups in total. The van der Waals surface area contributed by atoms with Crippen LogP contribution in [0.2, 0.25) is 0 Å². The van der Waals surface area contributed by atoms with Crippen LogP contribution in [-0.2, 0) is 14.3 Å². The molecule has 0 rings (SSSR count). The lowest BCUT2D eigenvalue weighted by molar-refractivity contribution is -0.149. The summed E-state index contributed by atoms with van der Waals surface area (Å²) in [6, 6.07) is -0.612. The average Bonchev–Trinajstić information content (AvgIpc) is 2.77. The van der Waals surface area contributed by atoms with Crippen molar-refractivity contribution in [3.8, 4) is 0 Å². The molecule has 188 valence electrons. The van der Waals surface area contributed by atoms with E-state index in [4.69, 9.17) is 9.47 Å². The molecule has 5 nitrogen and oxygen atoms in total. The van der Waals surface area contributed by atoms with Crippen LogP contribution in [0.15, 0.2) is 12.7 Å². The maximum absolute atomic E-state index is 12.5. The molecule has 0 aliphatic carbocycles. The minimum absolute atomic E-state index is 0.131. The van der Waals surface area contributed by atoms with Crippen LogP contribution in [-0.4, -0.2) is 43.3 Å². The topological polar surface area (TPSA) is 55.8 Å². The molecule has 32 heavy (non-hydrogen) atoms. The largest absolute Gasteiger partial charge is 0.464 e. The molecule has 5 heteroatoms. The molecule has 0 aliphatic rings. The van der Waals surface area contributed by atoms with E-state index in [1.54, 1.807) is 7.05 Å². The zero-order valence-corrected chi connectivity index (χ0v) is 21.5. The van der Waals surface area contributed by atoms with Gasteiger partial charge in [-0.05, 0) is 18.8 Å². The molecule has 0 aromatic heterocycles. The second-order valence-corrected chi connectivity index (χ2v) is 9.39. The minimum atomic E-state index is -0.612. The SMILES string of the molecule is C=CCOC(=O)N(C)C(CC(C)C)C(=O)OCCCCCCCCCCCCCCCC. The molecule has 0 saturated heterocycles. The summed E-state index contributed by atoms with van der Waals surface area (Å²) in [4.78, 5) is 26.0. The lowest BCUT2D eigenvalue weighted by Gasteiger charge is -2.27. The van der Waals surface area contributed by atoms with Gasteiger partial charge in [-0.1, -0.05) is 117 Å². The van der Waals surface area contributed by atoms with Crippen molar-refractivity contribution in [2.45, 2.75) is 123 Å². The summed E-state index contributed by atoms with van der Waals surface area (Å²) in [6.07, 6.45) is 19.7. The van der Waals surface area contributed by atoms with E-state index < -0.39 is 12.1 Å². The molecule has 0 aromatic rings. The molecule has 0 radical (unpaired) electrons. The van der Waals surface area contributed by atoms with E-state index in [0.717, 1.165) is 12.8 Å². The molecular formula is C27H51NO4. The van der Waals surface area contributed by atoms with Gasteiger partial charge < -0.3 is 9.47 Å². The fourth-order valence-electron chi connectivity index (χ4n) is 3.78. The predicted octanol–water partition coefficient (Wildman–Crippen LogP) is 7.68. The molecule has 0 fully saturated rings. The Morgan fingerprint density at radius 2 is 1.28 bits per heavy atom. The Morgan fingerprint density at radius 3 is 1.72 bits per heavy atom. The van der Waals surface area contributed by atoms with E-state index in [0.29, 0.717) is 13.0 Å². The Balaban J connectivity index is 3.83. The highest BCUT2D eigenvalue weighted by atomic mass is 16.6. The summed E-state index contributed by atoms with van der Waals surface area (Å²) in [5, 5.41) is 0. The van der Waals surface area contributed by atoms with Crippen LogP contribution in [0.3, 0.4) is 0 Å². The third kappa shape index (κ3) is 17.1. The van der Waals surface area contributed by atoms with Gasteiger partial charge in [0, 0.05) is 7.05 Å². The van der Waals surface area contributed by atoms with E-state index in [1.165, 1.54) is 88.0 Å². The normalized spacial score (nSPS) is 11.9. The van der Waals surface area contributed by atoms with Gasteiger partial charge in [-0.25, -0.2) is 9.59 Å². The molecule has 0 aliphatic heterocycles. The van der Waals surface area contributed by atoms with Crippen molar-refractivity contribution in [2.24, 2.45) is 5.92 Å². The first-order valence-corrected chi connectivity index (χ1v) is 13.1. The van der Waals surface area contributed by atoms with Crippen LogP contribution in [0.25, 0.3) is 0 Å². The summed E-state index contributed by atoms with van der Waals surface area (Å²) in [5.74, 6) is -0.0743. The van der Waals surface area contributed by atoms with E-state index in [2.05, 4.69) is 13.5 Å². The summed E-state index contributed by atoms with van der Waals surface area (Å²) in [6.45, 7) is 10.4. The second kappa shape index (κ2) is 21.3. The van der Waals surface area contributed by atoms with E-state index in [9.17, 15) is 9.59 Å². The first kappa shape index (κ1) is 30.5. The Kier molecular flexibility index (Phi) is 20.3. The Morgan fingerprint density at radius 1 is 0.812 bits per heavy atom. The molecule has 1 unspecified atom stereocenters. The van der Waals surface area contributed by atoms with Crippen LogP contribution in [0.5, 0.6) is 0 Å². The summed E-state index contributed by atoms with van der Waals surface area (Å²) < 4.78 is 10.5. The lowest BCUT2D eigenvalue weighted by atomic mass is 10.0. The predicted molar refractivity (Wildman–Crippen MR) is 134 cm³/mol. The van der Waals surface area contributed by atoms with Crippen LogP contribution in [0.4, 0.5) is 4.79 Å². The average molecular weight is 454 g/mol. The second-order valence-electron chi connectivity index (χ2n) is 9.39. The number of amides is 1. The van der Waals surface area contributed by atoms with Gasteiger partial charge in [-0.15, -0.1) is 0 Å². The number of carbonyl (C=O) groups is 2. The highest BCUT2D eigenvalue weighted by Gasteiger charge is 2.29. The summed E-state index contributed by atoms with van der Waals surface area (Å²) in [7, 11) is 1.59. The zero-order chi connectivity index (χ0) is 24.0. The molecule has 0 saturated carbocycles. The zero-order valence-electron chi connectivity index (χ0n) is 21.5. The van der Waals surface area contributed by atoms with Crippen molar-refractivity contribution in [3.05, 3.63) is 12.7 Å². The van der Waals surface area contributed by atoms with Gasteiger partial charge in [0.1, 0.15) is 12.6 Å². The number of esters is 1. The molecular weight excluding hydrogens is 402 g/mol. The van der Waals surface area contributed by atoms with Crippen molar-refractivity contribution in [2.75, 3.05) is 20.3 Å². The molecule has 1 amide bonds. The third-order valence-electron chi connectivity index (χ3n) is 5.79. The molecule has 0 heterocycles. The van der Waals surface area contributed by atoms with Crippen molar-refractivity contribution in [3.63, 3.8) is 0 Å². The van der Waals surface area contributed by atoms with Crippen LogP contribution >= 0.6 is 0 Å². The minimum Gasteiger partial charge on any atom is -0.464 e. The smallest absolute Gasteiger partial charge is 0.410 e. The Bertz CT molecular complexity index is 478. The van der Waals surface area contributed by atoms with E-state index in [-0.39, 0.29) is 18.5 Å². The van der Waals surface area contributed by atoms with Gasteiger partial charge in [-0.2, -0.15) is 0 Å². The van der Waals surface area contributed by atoms with Crippen LogP contribution in [0.1, 0.15) is 117 Å². The maximum atomic E-state index is 12.5. The van der Waals surface area contributed by atoms with E-state index >= 15 is 0 Å². The number of nitrogens with zero attached hydrogens (tertiary/aromatic N) is 1. The van der Waals surface area contributed by atoms with Crippen molar-refractivity contribution < 1.29 is 19.1 Å². The van der Waals surface area contributed by atoms with Gasteiger partial charge in [0.15, 0.2) is 0 Å². The van der Waals surface area contributed by atoms with Crippen molar-refractivity contribution in [1.82, 2.24) is 4.90 Å². The van der Waals surface area contributed by atoms with Gasteiger partial charge in [0.05, 0.1) is 6.61 Å². The quantitative estimate of drug-likeness (QED) is 0.102. The monoisotopic (exact) mass is 453 g/mol. The Hall–Kier alpha value is -1.52. The third-order valence-corrected chi connectivity index (χ3v) is 5.79. The van der Waals surface area contributed by atoms with Crippen LogP contribution < -0.4 is 0 Å². The van der Waals surface area contributed by atoms with Gasteiger partial charge in [-0.3, -0.25) is 4.90 Å². The number of unbranched alkanes of at least 4 members (excludes halogenated alkanes) is 13. The molecule has 0 aromatic carbocycles. The first-order chi connectivity index (χ1) is 15.4. The number of hydrogen-bond acceptors (Lipinski definition) is 4. The molecule has 0 bridgehead atoms. The number of carbonyl (C=O) groups excluding carboxylic acids is 2. The summed E-state index contributed by atoms with van der Waals surface area (Å²) in [5.41, 5.74) is 0. The number of rotatable bonds is 21.